The summed E-state index contributed by atoms with van der Waals surface area (Å²) in [5.74, 6) is 0.107. The number of hydrogen-bond donors (Lipinski definition) is 0. The molecule has 0 atom stereocenters. The first-order chi connectivity index (χ1) is 13.5. The standard InChI is InChI=1S/C19H18ClN3O4S/c1-3-10-22-17-15(27-4-2)6-5-7-16(17)28-19(22)21-18(24)13-11-12(23(25)26)8-9-14(13)20/h5-9,11H,3-4,10H2,1-2H3. The van der Waals surface area contributed by atoms with Crippen molar-refractivity contribution in [3.05, 3.63) is 61.9 Å². The van der Waals surface area contributed by atoms with Crippen LogP contribution in [-0.4, -0.2) is 22.0 Å². The fraction of sp³-hybridized carbons (Fsp3) is 0.263. The molecule has 1 heterocycles. The molecule has 0 aliphatic carbocycles. The number of benzene rings is 2. The van der Waals surface area contributed by atoms with Crippen LogP contribution in [0.5, 0.6) is 5.75 Å². The molecule has 0 aliphatic rings. The molecule has 0 radical (unpaired) electrons. The van der Waals surface area contributed by atoms with Gasteiger partial charge in [-0.3, -0.25) is 14.9 Å². The summed E-state index contributed by atoms with van der Waals surface area (Å²) in [6, 6.07) is 9.46. The Labute approximate surface area is 170 Å². The maximum absolute atomic E-state index is 12.7. The van der Waals surface area contributed by atoms with Crippen molar-refractivity contribution in [2.45, 2.75) is 26.8 Å². The molecule has 0 saturated carbocycles. The predicted octanol–water partition coefficient (Wildman–Crippen LogP) is 4.81. The van der Waals surface area contributed by atoms with Gasteiger partial charge in [0.15, 0.2) is 4.80 Å². The van der Waals surface area contributed by atoms with Crippen molar-refractivity contribution in [1.29, 1.82) is 0 Å². The van der Waals surface area contributed by atoms with E-state index in [0.717, 1.165) is 28.5 Å². The summed E-state index contributed by atoms with van der Waals surface area (Å²) in [6.45, 7) is 5.12. The molecule has 3 aromatic rings. The molecule has 1 aromatic heterocycles. The van der Waals surface area contributed by atoms with Gasteiger partial charge in [0, 0.05) is 18.7 Å². The molecular weight excluding hydrogens is 402 g/mol. The van der Waals surface area contributed by atoms with Gasteiger partial charge in [-0.25, -0.2) is 0 Å². The van der Waals surface area contributed by atoms with Crippen LogP contribution in [-0.2, 0) is 6.54 Å². The Kier molecular flexibility index (Phi) is 6.11. The number of nitro benzene ring substituents is 1. The number of nitrogens with zero attached hydrogens (tertiary/aromatic N) is 3. The monoisotopic (exact) mass is 419 g/mol. The molecule has 0 saturated heterocycles. The Morgan fingerprint density at radius 2 is 2.11 bits per heavy atom. The smallest absolute Gasteiger partial charge is 0.281 e. The topological polar surface area (TPSA) is 86.7 Å². The zero-order chi connectivity index (χ0) is 20.3. The van der Waals surface area contributed by atoms with E-state index in [1.165, 1.54) is 23.5 Å². The lowest BCUT2D eigenvalue weighted by Gasteiger charge is -2.08. The molecule has 146 valence electrons. The van der Waals surface area contributed by atoms with E-state index >= 15 is 0 Å². The number of thiazole rings is 1. The maximum Gasteiger partial charge on any atom is 0.281 e. The van der Waals surface area contributed by atoms with E-state index in [2.05, 4.69) is 4.99 Å². The number of fused-ring (bicyclic) bond motifs is 1. The number of aromatic nitrogens is 1. The maximum atomic E-state index is 12.7. The number of rotatable bonds is 6. The zero-order valence-electron chi connectivity index (χ0n) is 15.3. The third-order valence-corrected chi connectivity index (χ3v) is 5.37. The summed E-state index contributed by atoms with van der Waals surface area (Å²) in [5.41, 5.74) is 0.675. The highest BCUT2D eigenvalue weighted by Gasteiger charge is 2.17. The second kappa shape index (κ2) is 8.53. The van der Waals surface area contributed by atoms with Gasteiger partial charge in [0.1, 0.15) is 11.3 Å². The van der Waals surface area contributed by atoms with Crippen molar-refractivity contribution in [2.75, 3.05) is 6.61 Å². The van der Waals surface area contributed by atoms with E-state index in [-0.39, 0.29) is 16.3 Å². The Bertz CT molecular complexity index is 1120. The van der Waals surface area contributed by atoms with Gasteiger partial charge in [-0.05, 0) is 31.5 Å². The van der Waals surface area contributed by atoms with Gasteiger partial charge in [0.25, 0.3) is 11.6 Å². The fourth-order valence-electron chi connectivity index (χ4n) is 2.82. The lowest BCUT2D eigenvalue weighted by molar-refractivity contribution is -0.384. The summed E-state index contributed by atoms with van der Waals surface area (Å²) >= 11 is 7.44. The molecule has 0 spiro atoms. The molecule has 0 bridgehead atoms. The number of nitro groups is 1. The minimum Gasteiger partial charge on any atom is -0.492 e. The van der Waals surface area contributed by atoms with Crippen LogP contribution in [0.15, 0.2) is 41.4 Å². The highest BCUT2D eigenvalue weighted by Crippen LogP contribution is 2.28. The van der Waals surface area contributed by atoms with Gasteiger partial charge < -0.3 is 9.30 Å². The number of ether oxygens (including phenoxy) is 1. The van der Waals surface area contributed by atoms with Crippen molar-refractivity contribution in [3.8, 4) is 5.75 Å². The van der Waals surface area contributed by atoms with Crippen molar-refractivity contribution in [2.24, 2.45) is 4.99 Å². The van der Waals surface area contributed by atoms with Crippen LogP contribution < -0.4 is 9.54 Å². The largest absolute Gasteiger partial charge is 0.492 e. The summed E-state index contributed by atoms with van der Waals surface area (Å²) < 4.78 is 8.61. The molecule has 28 heavy (non-hydrogen) atoms. The Balaban J connectivity index is 2.17. The van der Waals surface area contributed by atoms with Crippen molar-refractivity contribution in [1.82, 2.24) is 4.57 Å². The number of aryl methyl sites for hydroxylation is 1. The fourth-order valence-corrected chi connectivity index (χ4v) is 4.09. The second-order valence-corrected chi connectivity index (χ2v) is 7.33. The second-order valence-electron chi connectivity index (χ2n) is 5.91. The quantitative estimate of drug-likeness (QED) is 0.423. The Morgan fingerprint density at radius 1 is 1.32 bits per heavy atom. The van der Waals surface area contributed by atoms with Gasteiger partial charge in [-0.2, -0.15) is 4.99 Å². The average Bonchev–Trinajstić information content (AvgIpc) is 3.00. The van der Waals surface area contributed by atoms with Crippen LogP contribution in [0.25, 0.3) is 10.2 Å². The summed E-state index contributed by atoms with van der Waals surface area (Å²) in [6.07, 6.45) is 0.839. The molecule has 0 N–H and O–H groups in total. The SMILES string of the molecule is CCCn1c(=NC(=O)c2cc([N+](=O)[O-])ccc2Cl)sc2cccc(OCC)c21. The molecule has 0 fully saturated rings. The molecule has 7 nitrogen and oxygen atoms in total. The van der Waals surface area contributed by atoms with Gasteiger partial charge in [0.05, 0.1) is 26.8 Å². The number of hydrogen-bond acceptors (Lipinski definition) is 5. The number of carbonyl (C=O) groups excluding carboxylic acids is 1. The van der Waals surface area contributed by atoms with E-state index in [9.17, 15) is 14.9 Å². The van der Waals surface area contributed by atoms with Crippen LogP contribution in [0.3, 0.4) is 0 Å². The molecule has 1 amide bonds. The van der Waals surface area contributed by atoms with Crippen molar-refractivity contribution in [3.63, 3.8) is 0 Å². The normalized spacial score (nSPS) is 11.8. The van der Waals surface area contributed by atoms with E-state index in [1.807, 2.05) is 36.6 Å². The Morgan fingerprint density at radius 3 is 2.79 bits per heavy atom. The molecule has 0 unspecified atom stereocenters. The third kappa shape index (κ3) is 3.93. The van der Waals surface area contributed by atoms with Crippen LogP contribution in [0.4, 0.5) is 5.69 Å². The van der Waals surface area contributed by atoms with Gasteiger partial charge in [-0.1, -0.05) is 35.9 Å². The minimum atomic E-state index is -0.622. The molecular formula is C19H18ClN3O4S. The lowest BCUT2D eigenvalue weighted by atomic mass is 10.2. The number of carbonyl (C=O) groups is 1. The third-order valence-electron chi connectivity index (χ3n) is 4.00. The van der Waals surface area contributed by atoms with Crippen LogP contribution in [0.1, 0.15) is 30.6 Å². The first-order valence-corrected chi connectivity index (χ1v) is 9.93. The van der Waals surface area contributed by atoms with Crippen LogP contribution in [0, 0.1) is 10.1 Å². The molecule has 2 aromatic carbocycles. The lowest BCUT2D eigenvalue weighted by Crippen LogP contribution is -2.17. The summed E-state index contributed by atoms with van der Waals surface area (Å²) in [4.78, 5) is 27.9. The van der Waals surface area contributed by atoms with E-state index in [0.29, 0.717) is 18.0 Å². The number of para-hydroxylation sites is 1. The molecule has 0 aliphatic heterocycles. The highest BCUT2D eigenvalue weighted by molar-refractivity contribution is 7.16. The first-order valence-electron chi connectivity index (χ1n) is 8.74. The molecule has 9 heteroatoms. The van der Waals surface area contributed by atoms with Crippen molar-refractivity contribution >= 4 is 44.7 Å². The summed E-state index contributed by atoms with van der Waals surface area (Å²) in [7, 11) is 0. The van der Waals surface area contributed by atoms with Crippen LogP contribution >= 0.6 is 22.9 Å². The minimum absolute atomic E-state index is 0.00130. The predicted molar refractivity (Wildman–Crippen MR) is 109 cm³/mol. The number of non-ortho nitro benzene ring substituents is 1. The zero-order valence-corrected chi connectivity index (χ0v) is 16.9. The molecule has 3 rings (SSSR count). The number of halogens is 1. The average molecular weight is 420 g/mol. The van der Waals surface area contributed by atoms with Gasteiger partial charge >= 0.3 is 0 Å². The van der Waals surface area contributed by atoms with Gasteiger partial charge in [-0.15, -0.1) is 0 Å². The highest BCUT2D eigenvalue weighted by atomic mass is 35.5. The summed E-state index contributed by atoms with van der Waals surface area (Å²) in [5, 5.41) is 11.1. The van der Waals surface area contributed by atoms with E-state index in [4.69, 9.17) is 16.3 Å². The van der Waals surface area contributed by atoms with E-state index < -0.39 is 10.8 Å². The Hall–Kier alpha value is -2.71. The first kappa shape index (κ1) is 20.0. The van der Waals surface area contributed by atoms with E-state index in [1.54, 1.807) is 0 Å². The van der Waals surface area contributed by atoms with Crippen molar-refractivity contribution < 1.29 is 14.5 Å². The van der Waals surface area contributed by atoms with Crippen LogP contribution in [0.2, 0.25) is 5.02 Å². The van der Waals surface area contributed by atoms with Gasteiger partial charge in [0.2, 0.25) is 0 Å². The number of amides is 1.